The minimum absolute atomic E-state index is 0.360. The predicted molar refractivity (Wildman–Crippen MR) is 96.8 cm³/mol. The summed E-state index contributed by atoms with van der Waals surface area (Å²) < 4.78 is 8.17. The van der Waals surface area contributed by atoms with Gasteiger partial charge in [-0.1, -0.05) is 6.92 Å². The monoisotopic (exact) mass is 341 g/mol. The molecule has 0 amide bonds. The molecular weight excluding hydrogens is 314 g/mol. The van der Waals surface area contributed by atoms with E-state index in [1.54, 1.807) is 0 Å². The summed E-state index contributed by atoms with van der Waals surface area (Å²) in [5, 5.41) is 5.85. The van der Waals surface area contributed by atoms with E-state index in [1.807, 2.05) is 13.1 Å². The highest BCUT2D eigenvalue weighted by atomic mass is 16.5. The van der Waals surface area contributed by atoms with Crippen LogP contribution in [0.4, 0.5) is 5.82 Å². The molecule has 3 aliphatic rings. The Morgan fingerprint density at radius 1 is 1.00 bits per heavy atom. The van der Waals surface area contributed by atoms with Gasteiger partial charge in [0.15, 0.2) is 5.65 Å². The van der Waals surface area contributed by atoms with E-state index in [-0.39, 0.29) is 0 Å². The van der Waals surface area contributed by atoms with E-state index in [0.717, 1.165) is 41.7 Å². The van der Waals surface area contributed by atoms with E-state index < -0.39 is 0 Å². The van der Waals surface area contributed by atoms with E-state index in [4.69, 9.17) is 19.8 Å². The van der Waals surface area contributed by atoms with Crippen molar-refractivity contribution in [1.29, 1.82) is 0 Å². The third kappa shape index (κ3) is 2.71. The molecule has 2 unspecified atom stereocenters. The quantitative estimate of drug-likeness (QED) is 0.839. The second kappa shape index (κ2) is 5.94. The van der Waals surface area contributed by atoms with Gasteiger partial charge in [-0.15, -0.1) is 0 Å². The van der Waals surface area contributed by atoms with Gasteiger partial charge in [-0.3, -0.25) is 0 Å². The van der Waals surface area contributed by atoms with Crippen LogP contribution in [0.25, 0.3) is 11.0 Å². The number of aromatic nitrogens is 4. The fourth-order valence-electron chi connectivity index (χ4n) is 4.80. The normalized spacial score (nSPS) is 32.5. The fourth-order valence-corrected chi connectivity index (χ4v) is 4.80. The molecule has 2 aliphatic heterocycles. The standard InChI is InChI=1S/C19H27N5O/c1-12-3-5-14(6-4-12)24-19-17(9-20-24)18(21-13(2)22-19)23-10-15-7-8-16(11-23)25-15/h9,12,14-16H,3-8,10-11H2,1-2H3. The van der Waals surface area contributed by atoms with Gasteiger partial charge in [0.1, 0.15) is 11.6 Å². The highest BCUT2D eigenvalue weighted by Crippen LogP contribution is 2.36. The second-order valence-corrected chi connectivity index (χ2v) is 8.20. The summed E-state index contributed by atoms with van der Waals surface area (Å²) in [5.74, 6) is 2.74. The van der Waals surface area contributed by atoms with Crippen LogP contribution >= 0.6 is 0 Å². The molecule has 2 aromatic rings. The molecule has 6 heteroatoms. The zero-order valence-corrected chi connectivity index (χ0v) is 15.2. The highest BCUT2D eigenvalue weighted by Gasteiger charge is 2.35. The van der Waals surface area contributed by atoms with Gasteiger partial charge in [0.05, 0.1) is 29.8 Å². The van der Waals surface area contributed by atoms with E-state index >= 15 is 0 Å². The minimum Gasteiger partial charge on any atom is -0.371 e. The van der Waals surface area contributed by atoms with Crippen molar-refractivity contribution in [2.24, 2.45) is 5.92 Å². The molecule has 1 aliphatic carbocycles. The average molecular weight is 341 g/mol. The molecule has 2 saturated heterocycles. The number of aryl methyl sites for hydroxylation is 1. The maximum absolute atomic E-state index is 6.00. The summed E-state index contributed by atoms with van der Waals surface area (Å²) in [6, 6.07) is 0.483. The molecule has 0 N–H and O–H groups in total. The third-order valence-electron chi connectivity index (χ3n) is 6.22. The minimum atomic E-state index is 0.360. The summed E-state index contributed by atoms with van der Waals surface area (Å²) >= 11 is 0. The van der Waals surface area contributed by atoms with Crippen molar-refractivity contribution in [3.05, 3.63) is 12.0 Å². The van der Waals surface area contributed by atoms with Crippen molar-refractivity contribution in [3.8, 4) is 0 Å². The van der Waals surface area contributed by atoms with Gasteiger partial charge in [-0.25, -0.2) is 14.6 Å². The largest absolute Gasteiger partial charge is 0.371 e. The number of hydrogen-bond donors (Lipinski definition) is 0. The van der Waals surface area contributed by atoms with Crippen LogP contribution in [0.2, 0.25) is 0 Å². The van der Waals surface area contributed by atoms with E-state index in [9.17, 15) is 0 Å². The number of ether oxygens (including phenoxy) is 1. The molecule has 3 fully saturated rings. The molecule has 0 spiro atoms. The van der Waals surface area contributed by atoms with Gasteiger partial charge >= 0.3 is 0 Å². The van der Waals surface area contributed by atoms with Crippen LogP contribution in [-0.4, -0.2) is 45.0 Å². The maximum atomic E-state index is 6.00. The van der Waals surface area contributed by atoms with Crippen LogP contribution < -0.4 is 4.90 Å². The van der Waals surface area contributed by atoms with Gasteiger partial charge in [0, 0.05) is 13.1 Å². The zero-order chi connectivity index (χ0) is 17.0. The van der Waals surface area contributed by atoms with Crippen molar-refractivity contribution in [2.75, 3.05) is 18.0 Å². The Bertz CT molecular complexity index is 767. The first-order valence-electron chi connectivity index (χ1n) is 9.79. The number of nitrogens with zero attached hydrogens (tertiary/aromatic N) is 5. The van der Waals surface area contributed by atoms with Crippen molar-refractivity contribution < 1.29 is 4.74 Å². The topological polar surface area (TPSA) is 56.1 Å². The van der Waals surface area contributed by atoms with Gasteiger partial charge in [-0.05, 0) is 51.4 Å². The number of fused-ring (bicyclic) bond motifs is 3. The Morgan fingerprint density at radius 3 is 2.44 bits per heavy atom. The Kier molecular flexibility index (Phi) is 3.69. The van der Waals surface area contributed by atoms with Crippen LogP contribution in [-0.2, 0) is 4.74 Å². The first-order chi connectivity index (χ1) is 12.2. The second-order valence-electron chi connectivity index (χ2n) is 8.20. The highest BCUT2D eigenvalue weighted by molar-refractivity contribution is 5.87. The molecule has 4 heterocycles. The SMILES string of the molecule is Cc1nc(N2CC3CCC(C2)O3)c2cnn(C3CCC(C)CC3)c2n1. The first-order valence-corrected chi connectivity index (χ1v) is 9.79. The molecule has 2 atom stereocenters. The molecule has 25 heavy (non-hydrogen) atoms. The van der Waals surface area contributed by atoms with E-state index in [1.165, 1.54) is 38.5 Å². The Labute approximate surface area is 148 Å². The van der Waals surface area contributed by atoms with Crippen LogP contribution in [0.3, 0.4) is 0 Å². The molecule has 2 aromatic heterocycles. The molecule has 0 aromatic carbocycles. The molecule has 6 nitrogen and oxygen atoms in total. The zero-order valence-electron chi connectivity index (χ0n) is 15.2. The van der Waals surface area contributed by atoms with Crippen LogP contribution in [0, 0.1) is 12.8 Å². The fraction of sp³-hybridized carbons (Fsp3) is 0.737. The summed E-state index contributed by atoms with van der Waals surface area (Å²) in [6.45, 7) is 6.23. The van der Waals surface area contributed by atoms with Crippen molar-refractivity contribution >= 4 is 16.9 Å². The molecular formula is C19H27N5O. The Balaban J connectivity index is 1.52. The van der Waals surface area contributed by atoms with E-state index in [2.05, 4.69) is 16.5 Å². The summed E-state index contributed by atoms with van der Waals surface area (Å²) in [5.41, 5.74) is 1.01. The predicted octanol–water partition coefficient (Wildman–Crippen LogP) is 3.25. The smallest absolute Gasteiger partial charge is 0.163 e. The van der Waals surface area contributed by atoms with Crippen molar-refractivity contribution in [2.45, 2.75) is 70.6 Å². The first kappa shape index (κ1) is 15.6. The van der Waals surface area contributed by atoms with Crippen molar-refractivity contribution in [1.82, 2.24) is 19.7 Å². The van der Waals surface area contributed by atoms with Gasteiger partial charge in [-0.2, -0.15) is 5.10 Å². The molecule has 5 rings (SSSR count). The van der Waals surface area contributed by atoms with Crippen LogP contribution in [0.5, 0.6) is 0 Å². The Hall–Kier alpha value is -1.69. The molecule has 1 saturated carbocycles. The van der Waals surface area contributed by atoms with Crippen molar-refractivity contribution in [3.63, 3.8) is 0 Å². The van der Waals surface area contributed by atoms with Crippen LogP contribution in [0.1, 0.15) is 57.3 Å². The third-order valence-corrected chi connectivity index (χ3v) is 6.22. The summed E-state index contributed by atoms with van der Waals surface area (Å²) in [6.07, 6.45) is 10.0. The number of anilines is 1. The molecule has 0 radical (unpaired) electrons. The lowest BCUT2D eigenvalue weighted by atomic mass is 9.87. The van der Waals surface area contributed by atoms with E-state index in [0.29, 0.717) is 18.2 Å². The number of hydrogen-bond acceptors (Lipinski definition) is 5. The van der Waals surface area contributed by atoms with Crippen LogP contribution in [0.15, 0.2) is 6.20 Å². The molecule has 134 valence electrons. The average Bonchev–Trinajstić information content (AvgIpc) is 3.17. The lowest BCUT2D eigenvalue weighted by Crippen LogP contribution is -2.43. The lowest BCUT2D eigenvalue weighted by Gasteiger charge is -2.33. The van der Waals surface area contributed by atoms with Gasteiger partial charge in [0.25, 0.3) is 0 Å². The summed E-state index contributed by atoms with van der Waals surface area (Å²) in [7, 11) is 0. The van der Waals surface area contributed by atoms with Gasteiger partial charge < -0.3 is 9.64 Å². The number of rotatable bonds is 2. The maximum Gasteiger partial charge on any atom is 0.163 e. The molecule has 2 bridgehead atoms. The van der Waals surface area contributed by atoms with Gasteiger partial charge in [0.2, 0.25) is 0 Å². The summed E-state index contributed by atoms with van der Waals surface area (Å²) in [4.78, 5) is 12.0. The number of morpholine rings is 1. The lowest BCUT2D eigenvalue weighted by molar-refractivity contribution is 0.0303. The Morgan fingerprint density at radius 2 is 1.72 bits per heavy atom.